The van der Waals surface area contributed by atoms with Crippen LogP contribution in [0.2, 0.25) is 10.0 Å². The monoisotopic (exact) mass is 1040 g/mol. The van der Waals surface area contributed by atoms with Crippen molar-refractivity contribution in [3.05, 3.63) is 129 Å². The number of rotatable bonds is 21. The van der Waals surface area contributed by atoms with Gasteiger partial charge in [0.05, 0.1) is 30.0 Å². The van der Waals surface area contributed by atoms with Gasteiger partial charge in [-0.15, -0.1) is 34.8 Å². The summed E-state index contributed by atoms with van der Waals surface area (Å²) in [5.74, 6) is -2.67. The van der Waals surface area contributed by atoms with Crippen LogP contribution >= 0.6 is 58.0 Å². The average Bonchev–Trinajstić information content (AvgIpc) is 3.29. The second kappa shape index (κ2) is 25.3. The van der Waals surface area contributed by atoms with Crippen molar-refractivity contribution in [3.63, 3.8) is 0 Å². The van der Waals surface area contributed by atoms with Crippen molar-refractivity contribution in [1.29, 1.82) is 0 Å². The van der Waals surface area contributed by atoms with Gasteiger partial charge >= 0.3 is 0 Å². The van der Waals surface area contributed by atoms with E-state index in [9.17, 15) is 28.8 Å². The topological polar surface area (TPSA) is 218 Å². The number of alkyl halides is 3. The lowest BCUT2D eigenvalue weighted by atomic mass is 10.1. The average molecular weight is 1040 g/mol. The van der Waals surface area contributed by atoms with Crippen LogP contribution in [-0.4, -0.2) is 60.5 Å². The van der Waals surface area contributed by atoms with E-state index in [4.69, 9.17) is 67.5 Å². The zero-order chi connectivity index (χ0) is 50.4. The number of anilines is 4. The fraction of sp³-hybridized carbons (Fsp3) is 0.250. The molecule has 5 rings (SSSR count). The largest absolute Gasteiger partial charge is 0.494 e. The van der Waals surface area contributed by atoms with Crippen LogP contribution in [0.5, 0.6) is 11.5 Å². The summed E-state index contributed by atoms with van der Waals surface area (Å²) in [6, 6.07) is 19.7. The zero-order valence-electron chi connectivity index (χ0n) is 37.7. The minimum Gasteiger partial charge on any atom is -0.494 e. The lowest BCUT2D eigenvalue weighted by molar-refractivity contribution is -0.127. The SMILES string of the molecule is CCOc1cc(CCl)cc(NC(=O)c2cc(Cl)cc(N=NC(C(C)=O)C(=O)Nc3ccc(NC(=O)C(N=Nc4cc(Cl)cc(C(=O)Nc5cc(CCl)cc(OCC)c5)c4)C(C)=O)c(C(C)Cl)c3)c2)c1. The van der Waals surface area contributed by atoms with E-state index in [0.29, 0.717) is 41.7 Å². The van der Waals surface area contributed by atoms with Gasteiger partial charge in [0.25, 0.3) is 23.6 Å². The number of benzene rings is 5. The van der Waals surface area contributed by atoms with Gasteiger partial charge in [0.1, 0.15) is 11.5 Å². The molecule has 0 aliphatic rings. The molecule has 3 unspecified atom stereocenters. The van der Waals surface area contributed by atoms with Crippen LogP contribution in [0.4, 0.5) is 34.1 Å². The van der Waals surface area contributed by atoms with Crippen molar-refractivity contribution >= 4 is 127 Å². The summed E-state index contributed by atoms with van der Waals surface area (Å²) in [5.41, 5.74) is 3.38. The third kappa shape index (κ3) is 15.5. The molecule has 5 aromatic carbocycles. The maximum Gasteiger partial charge on any atom is 0.258 e. The molecule has 360 valence electrons. The number of hydrogen-bond donors (Lipinski definition) is 4. The Morgan fingerprint density at radius 2 is 1.01 bits per heavy atom. The number of carbonyl (C=O) groups is 6. The zero-order valence-corrected chi connectivity index (χ0v) is 41.4. The molecule has 0 saturated carbocycles. The molecule has 0 aliphatic heterocycles. The van der Waals surface area contributed by atoms with Crippen LogP contribution in [-0.2, 0) is 30.9 Å². The van der Waals surface area contributed by atoms with Crippen molar-refractivity contribution in [2.45, 2.75) is 63.8 Å². The summed E-state index contributed by atoms with van der Waals surface area (Å²) in [4.78, 5) is 79.0. The number of nitrogens with one attached hydrogen (secondary N) is 4. The predicted molar refractivity (Wildman–Crippen MR) is 269 cm³/mol. The number of azo groups is 2. The van der Waals surface area contributed by atoms with E-state index in [-0.39, 0.29) is 55.7 Å². The van der Waals surface area contributed by atoms with E-state index in [2.05, 4.69) is 41.7 Å². The molecule has 0 radical (unpaired) electrons. The molecule has 0 bridgehead atoms. The van der Waals surface area contributed by atoms with Gasteiger partial charge in [-0.3, -0.25) is 28.8 Å². The van der Waals surface area contributed by atoms with Crippen LogP contribution in [0.15, 0.2) is 111 Å². The van der Waals surface area contributed by atoms with Crippen LogP contribution < -0.4 is 30.7 Å². The van der Waals surface area contributed by atoms with Gasteiger partial charge < -0.3 is 30.7 Å². The summed E-state index contributed by atoms with van der Waals surface area (Å²) in [6.07, 6.45) is 0. The molecule has 16 nitrogen and oxygen atoms in total. The van der Waals surface area contributed by atoms with Crippen molar-refractivity contribution in [2.24, 2.45) is 20.5 Å². The Morgan fingerprint density at radius 3 is 1.42 bits per heavy atom. The van der Waals surface area contributed by atoms with Gasteiger partial charge in [0.15, 0.2) is 11.6 Å². The summed E-state index contributed by atoms with van der Waals surface area (Å²) in [5, 5.41) is 26.5. The van der Waals surface area contributed by atoms with Crippen LogP contribution in [0, 0.1) is 0 Å². The van der Waals surface area contributed by atoms with Crippen molar-refractivity contribution < 1.29 is 38.2 Å². The first-order valence-corrected chi connectivity index (χ1v) is 23.3. The number of carbonyl (C=O) groups excluding carboxylic acids is 6. The van der Waals surface area contributed by atoms with Crippen LogP contribution in [0.3, 0.4) is 0 Å². The number of ether oxygens (including phenoxy) is 2. The summed E-state index contributed by atoms with van der Waals surface area (Å²) < 4.78 is 11.1. The van der Waals surface area contributed by atoms with Crippen molar-refractivity contribution in [2.75, 3.05) is 34.5 Å². The van der Waals surface area contributed by atoms with Crippen molar-refractivity contribution in [1.82, 2.24) is 0 Å². The number of amides is 4. The van der Waals surface area contributed by atoms with Crippen molar-refractivity contribution in [3.8, 4) is 11.5 Å². The van der Waals surface area contributed by atoms with Gasteiger partial charge in [-0.05, 0) is 130 Å². The molecule has 0 fully saturated rings. The quantitative estimate of drug-likeness (QED) is 0.0314. The fourth-order valence-corrected chi connectivity index (χ4v) is 7.38. The Bertz CT molecular complexity index is 2820. The second-order valence-electron chi connectivity index (χ2n) is 15.0. The van der Waals surface area contributed by atoms with Gasteiger partial charge in [0, 0.05) is 67.8 Å². The summed E-state index contributed by atoms with van der Waals surface area (Å²) in [6.45, 7) is 8.40. The molecular formula is C48H45Cl5N8O8. The van der Waals surface area contributed by atoms with E-state index < -0.39 is 52.7 Å². The van der Waals surface area contributed by atoms with E-state index >= 15 is 0 Å². The van der Waals surface area contributed by atoms with E-state index in [1.54, 1.807) is 43.3 Å². The number of halogens is 5. The highest BCUT2D eigenvalue weighted by molar-refractivity contribution is 6.32. The Kier molecular flexibility index (Phi) is 19.6. The van der Waals surface area contributed by atoms with E-state index in [1.165, 1.54) is 54.6 Å². The molecule has 0 heterocycles. The standard InChI is InChI=1S/C48H45Cl5N8O8/c1-6-68-39-12-28(23-49)10-35(20-39)55-45(64)30-14-32(52)18-37(16-30)58-60-43(26(4)62)47(66)54-34-8-9-42(41(22-34)25(3)51)57-48(67)44(27(5)63)61-59-38-17-31(15-33(53)19-38)46(65)56-36-11-29(24-50)13-40(21-36)69-7-2/h8-22,25,43-44H,6-7,23-24H2,1-5H3,(H,54,66)(H,55,64)(H,56,65)(H,57,67). The second-order valence-corrected chi connectivity index (χ2v) is 17.1. The Morgan fingerprint density at radius 1 is 0.565 bits per heavy atom. The number of ketones is 2. The molecule has 0 aliphatic carbocycles. The molecule has 0 saturated heterocycles. The first-order chi connectivity index (χ1) is 32.9. The Labute approximate surface area is 422 Å². The minimum atomic E-state index is -1.64. The maximum atomic E-state index is 13.5. The van der Waals surface area contributed by atoms with Crippen LogP contribution in [0.1, 0.15) is 77.4 Å². The highest BCUT2D eigenvalue weighted by atomic mass is 35.5. The van der Waals surface area contributed by atoms with E-state index in [0.717, 1.165) is 25.0 Å². The predicted octanol–water partition coefficient (Wildman–Crippen LogP) is 12.4. The molecule has 0 spiro atoms. The van der Waals surface area contributed by atoms with Gasteiger partial charge in [0.2, 0.25) is 12.1 Å². The molecule has 5 aromatic rings. The number of hydrogen-bond acceptors (Lipinski definition) is 12. The molecule has 3 atom stereocenters. The Hall–Kier alpha value is -6.43. The highest BCUT2D eigenvalue weighted by Crippen LogP contribution is 2.32. The Balaban J connectivity index is 1.28. The lowest BCUT2D eigenvalue weighted by Crippen LogP contribution is -2.32. The number of nitrogens with zero attached hydrogens (tertiary/aromatic N) is 4. The van der Waals surface area contributed by atoms with Gasteiger partial charge in [-0.25, -0.2) is 0 Å². The smallest absolute Gasteiger partial charge is 0.258 e. The van der Waals surface area contributed by atoms with Gasteiger partial charge in [-0.2, -0.15) is 20.5 Å². The van der Waals surface area contributed by atoms with Crippen LogP contribution in [0.25, 0.3) is 0 Å². The van der Waals surface area contributed by atoms with E-state index in [1.807, 2.05) is 13.8 Å². The minimum absolute atomic E-state index is 0.0806. The molecular weight excluding hydrogens is 994 g/mol. The molecule has 4 N–H and O–H groups in total. The molecule has 21 heteroatoms. The maximum absolute atomic E-state index is 13.5. The van der Waals surface area contributed by atoms with Gasteiger partial charge in [-0.1, -0.05) is 23.2 Å². The summed E-state index contributed by atoms with van der Waals surface area (Å²) >= 11 is 31.2. The first kappa shape index (κ1) is 53.5. The fourth-order valence-electron chi connectivity index (χ4n) is 6.43. The number of Topliss-reactive ketones (excluding diaryl/α,β-unsaturated/α-hetero) is 2. The highest BCUT2D eigenvalue weighted by Gasteiger charge is 2.27. The summed E-state index contributed by atoms with van der Waals surface area (Å²) in [7, 11) is 0. The first-order valence-electron chi connectivity index (χ1n) is 21.0. The molecule has 0 aromatic heterocycles. The molecule has 69 heavy (non-hydrogen) atoms. The third-order valence-electron chi connectivity index (χ3n) is 9.52. The molecule has 4 amide bonds. The lowest BCUT2D eigenvalue weighted by Gasteiger charge is -2.17. The normalized spacial score (nSPS) is 12.5. The third-order valence-corrected chi connectivity index (χ3v) is 10.8.